The van der Waals surface area contributed by atoms with E-state index in [1.807, 2.05) is 0 Å². The molecule has 0 spiro atoms. The zero-order valence-corrected chi connectivity index (χ0v) is 22.2. The fourth-order valence-corrected chi connectivity index (χ4v) is 3.61. The third kappa shape index (κ3) is 13.5. The molecule has 0 saturated heterocycles. The minimum Gasteiger partial charge on any atom is -0.481 e. The number of amides is 3. The molecule has 17 nitrogen and oxygen atoms in total. The van der Waals surface area contributed by atoms with Crippen LogP contribution in [0.15, 0.2) is 17.5 Å². The number of rotatable bonds is 20. The van der Waals surface area contributed by atoms with Gasteiger partial charge < -0.3 is 54.1 Å². The number of nitrogens with zero attached hydrogens (tertiary/aromatic N) is 2. The van der Waals surface area contributed by atoms with Gasteiger partial charge in [0.05, 0.1) is 12.4 Å². The van der Waals surface area contributed by atoms with Gasteiger partial charge in [0.2, 0.25) is 17.7 Å². The molecule has 0 aliphatic heterocycles. The van der Waals surface area contributed by atoms with Crippen molar-refractivity contribution >= 4 is 35.6 Å². The molecule has 0 bridgehead atoms. The van der Waals surface area contributed by atoms with Crippen LogP contribution < -0.4 is 38.9 Å². The number of aliphatic imine (C=N–C) groups is 1. The first-order chi connectivity index (χ1) is 18.9. The molecule has 0 radical (unpaired) electrons. The summed E-state index contributed by atoms with van der Waals surface area (Å²) in [5.41, 5.74) is 22.7. The lowest BCUT2D eigenvalue weighted by Crippen LogP contribution is -2.57. The first-order valence-corrected chi connectivity index (χ1v) is 12.8. The number of nitrogens with one attached hydrogen (secondary N) is 4. The zero-order valence-electron chi connectivity index (χ0n) is 22.2. The fraction of sp³-hybridized carbons (Fsp3) is 0.609. The number of aromatic amines is 1. The van der Waals surface area contributed by atoms with Crippen LogP contribution in [0.1, 0.15) is 50.6 Å². The minimum absolute atomic E-state index is 0.0508. The van der Waals surface area contributed by atoms with Gasteiger partial charge in [0.25, 0.3) is 0 Å². The Bertz CT molecular complexity index is 998. The Kier molecular flexibility index (Phi) is 15.3. The summed E-state index contributed by atoms with van der Waals surface area (Å²) in [6, 6.07) is -4.88. The predicted octanol–water partition coefficient (Wildman–Crippen LogP) is -3.13. The Morgan fingerprint density at radius 2 is 1.50 bits per heavy atom. The van der Waals surface area contributed by atoms with Crippen molar-refractivity contribution in [3.63, 3.8) is 0 Å². The van der Waals surface area contributed by atoms with Gasteiger partial charge in [0.15, 0.2) is 5.96 Å². The molecule has 0 saturated carbocycles. The minimum atomic E-state index is -1.39. The molecule has 0 aliphatic rings. The lowest BCUT2D eigenvalue weighted by Gasteiger charge is -2.25. The maximum Gasteiger partial charge on any atom is 0.326 e. The Hall–Kier alpha value is -4.25. The van der Waals surface area contributed by atoms with Crippen LogP contribution in [0.3, 0.4) is 0 Å². The molecule has 17 heteroatoms. The van der Waals surface area contributed by atoms with Crippen molar-refractivity contribution in [3.05, 3.63) is 18.2 Å². The van der Waals surface area contributed by atoms with Gasteiger partial charge >= 0.3 is 11.9 Å². The van der Waals surface area contributed by atoms with Gasteiger partial charge in [-0.25, -0.2) is 9.78 Å². The molecule has 1 aromatic heterocycles. The molecule has 224 valence electrons. The summed E-state index contributed by atoms with van der Waals surface area (Å²) < 4.78 is 0. The van der Waals surface area contributed by atoms with E-state index in [1.54, 1.807) is 0 Å². The number of hydrogen-bond donors (Lipinski definition) is 10. The number of aliphatic carboxylic acids is 2. The number of aromatic nitrogens is 2. The Morgan fingerprint density at radius 3 is 2.05 bits per heavy atom. The molecule has 1 heterocycles. The number of imidazole rings is 1. The van der Waals surface area contributed by atoms with E-state index < -0.39 is 60.2 Å². The van der Waals surface area contributed by atoms with Crippen LogP contribution in [0.2, 0.25) is 0 Å². The van der Waals surface area contributed by atoms with Crippen molar-refractivity contribution in [2.45, 2.75) is 75.5 Å². The Labute approximate surface area is 230 Å². The molecule has 0 aromatic carbocycles. The maximum absolute atomic E-state index is 13.2. The topological polar surface area (TPSA) is 307 Å². The lowest BCUT2D eigenvalue weighted by molar-refractivity contribution is -0.143. The largest absolute Gasteiger partial charge is 0.481 e. The highest BCUT2D eigenvalue weighted by molar-refractivity contribution is 5.94. The molecule has 0 aliphatic carbocycles. The number of carboxylic acid groups (broad SMARTS) is 2. The summed E-state index contributed by atoms with van der Waals surface area (Å²) >= 11 is 0. The Balaban J connectivity index is 3.02. The van der Waals surface area contributed by atoms with E-state index in [-0.39, 0.29) is 44.6 Å². The normalized spacial score (nSPS) is 13.8. The van der Waals surface area contributed by atoms with Crippen LogP contribution >= 0.6 is 0 Å². The van der Waals surface area contributed by atoms with Crippen LogP contribution in [-0.2, 0) is 30.4 Å². The lowest BCUT2D eigenvalue weighted by atomic mass is 10.0. The standard InChI is InChI=1S/C23H40N10O7/c24-8-2-1-4-17(22(39)40)33-21(38)16(6-7-18(34)35)32-20(37)15(5-3-9-29-23(26)27)31-19(36)14(25)10-13-11-28-12-30-13/h11-12,14-17H,1-10,24-25H2,(H,28,30)(H,31,36)(H,32,37)(H,33,38)(H,34,35)(H,39,40)(H4,26,27,29). The van der Waals surface area contributed by atoms with E-state index in [9.17, 15) is 29.1 Å². The summed E-state index contributed by atoms with van der Waals surface area (Å²) in [5, 5.41) is 25.9. The highest BCUT2D eigenvalue weighted by Crippen LogP contribution is 2.07. The third-order valence-electron chi connectivity index (χ3n) is 5.75. The molecule has 4 atom stereocenters. The SMILES string of the molecule is NCCCCC(NC(=O)C(CCC(=O)O)NC(=O)C(CCCN=C(N)N)NC(=O)C(N)Cc1cnc[nH]1)C(=O)O. The van der Waals surface area contributed by atoms with Gasteiger partial charge in [0, 0.05) is 31.3 Å². The molecular weight excluding hydrogens is 528 g/mol. The number of guanidine groups is 1. The zero-order chi connectivity index (χ0) is 30.1. The van der Waals surface area contributed by atoms with Crippen molar-refractivity contribution in [1.29, 1.82) is 0 Å². The van der Waals surface area contributed by atoms with Crippen LogP contribution in [-0.4, -0.2) is 93.1 Å². The summed E-state index contributed by atoms with van der Waals surface area (Å²) in [4.78, 5) is 72.2. The molecule has 14 N–H and O–H groups in total. The smallest absolute Gasteiger partial charge is 0.326 e. The molecule has 1 rings (SSSR count). The monoisotopic (exact) mass is 568 g/mol. The van der Waals surface area contributed by atoms with E-state index in [0.29, 0.717) is 25.1 Å². The average Bonchev–Trinajstić information content (AvgIpc) is 3.40. The number of nitrogens with two attached hydrogens (primary N) is 4. The predicted molar refractivity (Wildman–Crippen MR) is 143 cm³/mol. The summed E-state index contributed by atoms with van der Waals surface area (Å²) in [6.07, 6.45) is 3.61. The highest BCUT2D eigenvalue weighted by atomic mass is 16.4. The number of carbonyl (C=O) groups excluding carboxylic acids is 3. The van der Waals surface area contributed by atoms with Gasteiger partial charge in [-0.2, -0.15) is 0 Å². The number of unbranched alkanes of at least 4 members (excludes halogenated alkanes) is 1. The second-order valence-electron chi connectivity index (χ2n) is 9.07. The molecular formula is C23H40N10O7. The van der Waals surface area contributed by atoms with E-state index >= 15 is 0 Å². The van der Waals surface area contributed by atoms with Gasteiger partial charge in [-0.1, -0.05) is 0 Å². The summed E-state index contributed by atoms with van der Waals surface area (Å²) in [7, 11) is 0. The van der Waals surface area contributed by atoms with Crippen LogP contribution in [0.4, 0.5) is 0 Å². The van der Waals surface area contributed by atoms with E-state index in [4.69, 9.17) is 28.0 Å². The van der Waals surface area contributed by atoms with Crippen LogP contribution in [0.25, 0.3) is 0 Å². The highest BCUT2D eigenvalue weighted by Gasteiger charge is 2.30. The van der Waals surface area contributed by atoms with Crippen LogP contribution in [0.5, 0.6) is 0 Å². The van der Waals surface area contributed by atoms with Gasteiger partial charge in [-0.15, -0.1) is 0 Å². The number of H-pyrrole nitrogens is 1. The molecule has 3 amide bonds. The molecule has 4 unspecified atom stereocenters. The van der Waals surface area contributed by atoms with E-state index in [1.165, 1.54) is 12.5 Å². The summed E-state index contributed by atoms with van der Waals surface area (Å²) in [6.45, 7) is 0.494. The average molecular weight is 569 g/mol. The van der Waals surface area contributed by atoms with Crippen molar-refractivity contribution in [2.75, 3.05) is 13.1 Å². The first kappa shape index (κ1) is 33.8. The van der Waals surface area contributed by atoms with Crippen molar-refractivity contribution in [1.82, 2.24) is 25.9 Å². The van der Waals surface area contributed by atoms with Gasteiger partial charge in [0.1, 0.15) is 18.1 Å². The van der Waals surface area contributed by atoms with E-state index in [0.717, 1.165) is 0 Å². The second kappa shape index (κ2) is 18.1. The maximum atomic E-state index is 13.2. The van der Waals surface area contributed by atoms with E-state index in [2.05, 4.69) is 30.9 Å². The second-order valence-corrected chi connectivity index (χ2v) is 9.07. The number of carbonyl (C=O) groups is 5. The van der Waals surface area contributed by atoms with Crippen molar-refractivity contribution in [3.8, 4) is 0 Å². The quantitative estimate of drug-likeness (QED) is 0.0424. The third-order valence-corrected chi connectivity index (χ3v) is 5.75. The van der Waals surface area contributed by atoms with Crippen molar-refractivity contribution in [2.24, 2.45) is 27.9 Å². The van der Waals surface area contributed by atoms with Gasteiger partial charge in [-0.3, -0.25) is 24.2 Å². The summed E-state index contributed by atoms with van der Waals surface area (Å²) in [5.74, 6) is -5.00. The van der Waals surface area contributed by atoms with Crippen LogP contribution in [0, 0.1) is 0 Å². The molecule has 0 fully saturated rings. The Morgan fingerprint density at radius 1 is 0.900 bits per heavy atom. The fourth-order valence-electron chi connectivity index (χ4n) is 3.61. The molecule has 40 heavy (non-hydrogen) atoms. The number of hydrogen-bond acceptors (Lipinski definition) is 9. The number of carboxylic acids is 2. The first-order valence-electron chi connectivity index (χ1n) is 12.8. The van der Waals surface area contributed by atoms with Crippen molar-refractivity contribution < 1.29 is 34.2 Å². The molecule has 1 aromatic rings. The van der Waals surface area contributed by atoms with Gasteiger partial charge in [-0.05, 0) is 45.1 Å².